The fourth-order valence-corrected chi connectivity index (χ4v) is 1.61. The number of hydrogen-bond donors (Lipinski definition) is 1. The third-order valence-electron chi connectivity index (χ3n) is 2.77. The summed E-state index contributed by atoms with van der Waals surface area (Å²) in [4.78, 5) is 11.4. The number of nitrogens with one attached hydrogen (secondary N) is 1. The van der Waals surface area contributed by atoms with E-state index in [9.17, 15) is 18.0 Å². The fourth-order valence-electron chi connectivity index (χ4n) is 1.61. The fraction of sp³-hybridized carbons (Fsp3) is 0.500. The smallest absolute Gasteiger partial charge is 0.356 e. The van der Waals surface area contributed by atoms with Gasteiger partial charge in [-0.25, -0.2) is 0 Å². The van der Waals surface area contributed by atoms with E-state index in [-0.39, 0.29) is 5.91 Å². The second-order valence-corrected chi connectivity index (χ2v) is 4.40. The average molecular weight is 273 g/mol. The van der Waals surface area contributed by atoms with Crippen LogP contribution in [0.3, 0.4) is 0 Å². The van der Waals surface area contributed by atoms with E-state index < -0.39 is 11.7 Å². The molecule has 0 saturated carbocycles. The van der Waals surface area contributed by atoms with Gasteiger partial charge < -0.3 is 5.32 Å². The van der Waals surface area contributed by atoms with Crippen molar-refractivity contribution in [1.29, 1.82) is 0 Å². The molecule has 0 heterocycles. The molecule has 0 bridgehead atoms. The van der Waals surface area contributed by atoms with Crippen LogP contribution in [-0.2, 0) is 17.4 Å². The molecule has 0 unspecified atom stereocenters. The molecule has 2 nitrogen and oxygen atoms in total. The number of carbonyl (C=O) groups is 1. The molecular formula is C14H18F3NO. The highest BCUT2D eigenvalue weighted by molar-refractivity contribution is 5.76. The van der Waals surface area contributed by atoms with Crippen LogP contribution in [0.25, 0.3) is 0 Å². The van der Waals surface area contributed by atoms with E-state index in [1.807, 2.05) is 6.92 Å². The Hall–Kier alpha value is -1.52. The van der Waals surface area contributed by atoms with Crippen molar-refractivity contribution >= 4 is 5.91 Å². The quantitative estimate of drug-likeness (QED) is 0.789. The van der Waals surface area contributed by atoms with Crippen molar-refractivity contribution in [1.82, 2.24) is 5.32 Å². The van der Waals surface area contributed by atoms with E-state index in [1.165, 1.54) is 12.1 Å². The van der Waals surface area contributed by atoms with Crippen molar-refractivity contribution in [3.05, 3.63) is 35.4 Å². The lowest BCUT2D eigenvalue weighted by atomic mass is 10.1. The molecule has 0 saturated heterocycles. The molecule has 1 amide bonds. The summed E-state index contributed by atoms with van der Waals surface area (Å²) in [5, 5.41) is 2.77. The van der Waals surface area contributed by atoms with Crippen LogP contribution < -0.4 is 5.32 Å². The zero-order valence-corrected chi connectivity index (χ0v) is 10.9. The number of alkyl halides is 3. The first kappa shape index (κ1) is 15.5. The van der Waals surface area contributed by atoms with Crippen molar-refractivity contribution < 1.29 is 18.0 Å². The van der Waals surface area contributed by atoms with E-state index in [1.54, 1.807) is 0 Å². The van der Waals surface area contributed by atoms with Crippen molar-refractivity contribution in [3.8, 4) is 0 Å². The van der Waals surface area contributed by atoms with Gasteiger partial charge in [0.15, 0.2) is 0 Å². The van der Waals surface area contributed by atoms with Crippen LogP contribution in [-0.4, -0.2) is 12.5 Å². The van der Waals surface area contributed by atoms with Gasteiger partial charge in [-0.2, -0.15) is 13.2 Å². The Morgan fingerprint density at radius 3 is 2.37 bits per heavy atom. The number of carbonyl (C=O) groups excluding carboxylic acids is 1. The molecule has 19 heavy (non-hydrogen) atoms. The molecule has 0 aliphatic rings. The summed E-state index contributed by atoms with van der Waals surface area (Å²) in [7, 11) is 0. The number of rotatable bonds is 6. The summed E-state index contributed by atoms with van der Waals surface area (Å²) in [5.41, 5.74) is 0.0716. The first-order valence-corrected chi connectivity index (χ1v) is 6.36. The predicted octanol–water partition coefficient (Wildman–Crippen LogP) is 3.55. The van der Waals surface area contributed by atoms with E-state index in [4.69, 9.17) is 0 Å². The second kappa shape index (κ2) is 7.16. The number of unbranched alkanes of at least 4 members (excludes halogenated alkanes) is 1. The minimum atomic E-state index is -4.31. The van der Waals surface area contributed by atoms with Gasteiger partial charge in [-0.3, -0.25) is 4.79 Å². The highest BCUT2D eigenvalue weighted by Crippen LogP contribution is 2.29. The Kier molecular flexibility index (Phi) is 5.86. The summed E-state index contributed by atoms with van der Waals surface area (Å²) in [6, 6.07) is 4.93. The Morgan fingerprint density at radius 1 is 1.21 bits per heavy atom. The highest BCUT2D eigenvalue weighted by Gasteiger charge is 2.29. The third-order valence-corrected chi connectivity index (χ3v) is 2.77. The van der Waals surface area contributed by atoms with Crippen molar-refractivity contribution in [2.45, 2.75) is 38.8 Å². The molecule has 1 N–H and O–H groups in total. The van der Waals surface area contributed by atoms with E-state index >= 15 is 0 Å². The van der Waals surface area contributed by atoms with Gasteiger partial charge >= 0.3 is 6.18 Å². The Bertz CT molecular complexity index is 398. The van der Waals surface area contributed by atoms with Gasteiger partial charge in [-0.1, -0.05) is 25.5 Å². The molecular weight excluding hydrogens is 255 g/mol. The maximum absolute atomic E-state index is 12.3. The predicted molar refractivity (Wildman–Crippen MR) is 67.7 cm³/mol. The lowest BCUT2D eigenvalue weighted by Crippen LogP contribution is -2.24. The van der Waals surface area contributed by atoms with Crippen LogP contribution in [0.1, 0.15) is 37.3 Å². The normalized spacial score (nSPS) is 11.4. The average Bonchev–Trinajstić information content (AvgIpc) is 2.36. The zero-order valence-electron chi connectivity index (χ0n) is 10.9. The third kappa shape index (κ3) is 5.77. The van der Waals surface area contributed by atoms with Crippen LogP contribution in [0.5, 0.6) is 0 Å². The molecule has 0 aliphatic heterocycles. The Labute approximate surface area is 111 Å². The van der Waals surface area contributed by atoms with Crippen molar-refractivity contribution in [2.75, 3.05) is 6.54 Å². The van der Waals surface area contributed by atoms with E-state index in [2.05, 4.69) is 5.32 Å². The van der Waals surface area contributed by atoms with Crippen LogP contribution in [0, 0.1) is 0 Å². The molecule has 0 atom stereocenters. The highest BCUT2D eigenvalue weighted by atomic mass is 19.4. The summed E-state index contributed by atoms with van der Waals surface area (Å²) in [6.07, 6.45) is -1.60. The maximum Gasteiger partial charge on any atom is 0.416 e. The van der Waals surface area contributed by atoms with E-state index in [0.29, 0.717) is 19.4 Å². The second-order valence-electron chi connectivity index (χ2n) is 4.40. The molecule has 0 aromatic heterocycles. The van der Waals surface area contributed by atoms with Crippen molar-refractivity contribution in [3.63, 3.8) is 0 Å². The van der Waals surface area contributed by atoms with Gasteiger partial charge in [0, 0.05) is 13.0 Å². The topological polar surface area (TPSA) is 29.1 Å². The summed E-state index contributed by atoms with van der Waals surface area (Å²) in [5.74, 6) is -0.0617. The summed E-state index contributed by atoms with van der Waals surface area (Å²) < 4.78 is 37.0. The molecule has 5 heteroatoms. The number of aryl methyl sites for hydroxylation is 1. The summed E-state index contributed by atoms with van der Waals surface area (Å²) >= 11 is 0. The number of benzene rings is 1. The number of hydrogen-bond acceptors (Lipinski definition) is 1. The number of halogens is 3. The standard InChI is InChI=1S/C14H18F3NO/c1-2-3-10-18-13(19)9-6-11-4-7-12(8-5-11)14(15,16)17/h4-5,7-8H,2-3,6,9-10H2,1H3,(H,18,19). The molecule has 1 rings (SSSR count). The Morgan fingerprint density at radius 2 is 1.84 bits per heavy atom. The lowest BCUT2D eigenvalue weighted by Gasteiger charge is -2.08. The summed E-state index contributed by atoms with van der Waals surface area (Å²) in [6.45, 7) is 2.69. The van der Waals surface area contributed by atoms with E-state index in [0.717, 1.165) is 30.5 Å². The van der Waals surface area contributed by atoms with Gasteiger partial charge in [0.25, 0.3) is 0 Å². The maximum atomic E-state index is 12.3. The molecule has 0 radical (unpaired) electrons. The van der Waals surface area contributed by atoms with Gasteiger partial charge in [0.1, 0.15) is 0 Å². The minimum absolute atomic E-state index is 0.0617. The van der Waals surface area contributed by atoms with Gasteiger partial charge in [-0.15, -0.1) is 0 Å². The Balaban J connectivity index is 2.40. The monoisotopic (exact) mass is 273 g/mol. The van der Waals surface area contributed by atoms with Crippen LogP contribution in [0.15, 0.2) is 24.3 Å². The SMILES string of the molecule is CCCCNC(=O)CCc1ccc(C(F)(F)F)cc1. The van der Waals surface area contributed by atoms with Gasteiger partial charge in [0.05, 0.1) is 5.56 Å². The number of amides is 1. The molecule has 1 aromatic rings. The van der Waals surface area contributed by atoms with Crippen LogP contribution in [0.4, 0.5) is 13.2 Å². The van der Waals surface area contributed by atoms with Gasteiger partial charge in [-0.05, 0) is 30.5 Å². The van der Waals surface area contributed by atoms with Gasteiger partial charge in [0.2, 0.25) is 5.91 Å². The first-order valence-electron chi connectivity index (χ1n) is 6.36. The largest absolute Gasteiger partial charge is 0.416 e. The molecule has 0 fully saturated rings. The molecule has 0 spiro atoms. The molecule has 1 aromatic carbocycles. The zero-order chi connectivity index (χ0) is 14.3. The van der Waals surface area contributed by atoms with Crippen LogP contribution >= 0.6 is 0 Å². The molecule has 0 aliphatic carbocycles. The van der Waals surface area contributed by atoms with Crippen LogP contribution in [0.2, 0.25) is 0 Å². The minimum Gasteiger partial charge on any atom is -0.356 e. The molecule has 106 valence electrons. The first-order chi connectivity index (χ1) is 8.93. The lowest BCUT2D eigenvalue weighted by molar-refractivity contribution is -0.137. The van der Waals surface area contributed by atoms with Crippen molar-refractivity contribution in [2.24, 2.45) is 0 Å².